The molecule has 0 radical (unpaired) electrons. The van der Waals surface area contributed by atoms with Crippen LogP contribution in [0.5, 0.6) is 11.5 Å². The summed E-state index contributed by atoms with van der Waals surface area (Å²) in [6, 6.07) is 3.44. The number of hydrogen-bond donors (Lipinski definition) is 7. The molecular weight excluding hydrogens is 352 g/mol. The van der Waals surface area contributed by atoms with E-state index in [-0.39, 0.29) is 5.56 Å². The third-order valence-corrected chi connectivity index (χ3v) is 4.29. The van der Waals surface area contributed by atoms with E-state index in [4.69, 9.17) is 9.84 Å². The molecule has 1 aliphatic rings. The van der Waals surface area contributed by atoms with Crippen molar-refractivity contribution in [1.29, 1.82) is 0 Å². The maximum atomic E-state index is 12.0. The van der Waals surface area contributed by atoms with Crippen LogP contribution < -0.4 is 0 Å². The fourth-order valence-corrected chi connectivity index (χ4v) is 2.78. The molecule has 1 fully saturated rings. The molecule has 10 nitrogen and oxygen atoms in total. The van der Waals surface area contributed by atoms with Crippen molar-refractivity contribution < 1.29 is 50.1 Å². The number of rotatable bonds is 5. The minimum absolute atomic E-state index is 0.114. The predicted octanol–water partition coefficient (Wildman–Crippen LogP) is -1.24. The first-order valence-electron chi connectivity index (χ1n) is 7.75. The van der Waals surface area contributed by atoms with Crippen LogP contribution >= 0.6 is 0 Å². The highest BCUT2D eigenvalue weighted by molar-refractivity contribution is 5.77. The summed E-state index contributed by atoms with van der Waals surface area (Å²) in [5, 5.41) is 67.2. The van der Waals surface area contributed by atoms with Crippen LogP contribution in [0.2, 0.25) is 0 Å². The lowest BCUT2D eigenvalue weighted by Gasteiger charge is -2.39. The average molecular weight is 372 g/mol. The van der Waals surface area contributed by atoms with Gasteiger partial charge in [0.25, 0.3) is 0 Å². The van der Waals surface area contributed by atoms with Crippen LogP contribution in [0.25, 0.3) is 0 Å². The molecule has 1 aromatic rings. The van der Waals surface area contributed by atoms with Crippen molar-refractivity contribution in [2.24, 2.45) is 0 Å². The molecule has 26 heavy (non-hydrogen) atoms. The Hall–Kier alpha value is -2.40. The van der Waals surface area contributed by atoms with Gasteiger partial charge in [-0.25, -0.2) is 4.79 Å². The van der Waals surface area contributed by atoms with E-state index in [0.29, 0.717) is 0 Å². The summed E-state index contributed by atoms with van der Waals surface area (Å²) in [6.07, 6.45) is -7.93. The standard InChI is InChI=1S/C16H20O10/c17-8-2-1-7(3-10(8)19)9(18)4-13(21)26-12-6-16(25,15(23)24)5-11(20)14(12)22/h1-3,9,11-12,14,17-20,22,25H,4-6H2,(H,23,24)/t9-,11-,12-,14-,16+/m1/s1. The van der Waals surface area contributed by atoms with E-state index in [9.17, 15) is 40.2 Å². The van der Waals surface area contributed by atoms with Crippen molar-refractivity contribution in [3.05, 3.63) is 23.8 Å². The molecule has 1 saturated carbocycles. The molecule has 1 aromatic carbocycles. The lowest BCUT2D eigenvalue weighted by Crippen LogP contribution is -2.57. The zero-order valence-corrected chi connectivity index (χ0v) is 13.5. The monoisotopic (exact) mass is 372 g/mol. The number of benzene rings is 1. The molecule has 0 spiro atoms. The first-order valence-corrected chi connectivity index (χ1v) is 7.75. The van der Waals surface area contributed by atoms with Gasteiger partial charge in [-0.15, -0.1) is 0 Å². The fourth-order valence-electron chi connectivity index (χ4n) is 2.78. The van der Waals surface area contributed by atoms with E-state index in [1.54, 1.807) is 0 Å². The number of phenolic OH excluding ortho intramolecular Hbond substituents is 2. The molecule has 0 unspecified atom stereocenters. The zero-order valence-electron chi connectivity index (χ0n) is 13.5. The molecule has 7 N–H and O–H groups in total. The number of ether oxygens (including phenoxy) is 1. The van der Waals surface area contributed by atoms with E-state index < -0.39 is 72.7 Å². The second-order valence-electron chi connectivity index (χ2n) is 6.30. The van der Waals surface area contributed by atoms with Gasteiger partial charge in [0.1, 0.15) is 12.2 Å². The largest absolute Gasteiger partial charge is 0.504 e. The van der Waals surface area contributed by atoms with Crippen LogP contribution in [0.1, 0.15) is 30.9 Å². The Kier molecular flexibility index (Phi) is 5.71. The summed E-state index contributed by atoms with van der Waals surface area (Å²) in [6.45, 7) is 0. The van der Waals surface area contributed by atoms with Gasteiger partial charge in [-0.05, 0) is 17.7 Å². The van der Waals surface area contributed by atoms with Gasteiger partial charge in [0.2, 0.25) is 0 Å². The molecule has 144 valence electrons. The first kappa shape index (κ1) is 19.9. The summed E-state index contributed by atoms with van der Waals surface area (Å²) in [5.41, 5.74) is -2.24. The molecule has 10 heteroatoms. The number of carbonyl (C=O) groups excluding carboxylic acids is 1. The van der Waals surface area contributed by atoms with E-state index in [1.807, 2.05) is 0 Å². The van der Waals surface area contributed by atoms with Crippen LogP contribution in [0.3, 0.4) is 0 Å². The number of phenols is 2. The third kappa shape index (κ3) is 4.22. The lowest BCUT2D eigenvalue weighted by atomic mass is 9.79. The molecule has 0 aromatic heterocycles. The van der Waals surface area contributed by atoms with Crippen molar-refractivity contribution >= 4 is 11.9 Å². The van der Waals surface area contributed by atoms with Crippen LogP contribution in [0, 0.1) is 0 Å². The minimum atomic E-state index is -2.36. The van der Waals surface area contributed by atoms with Crippen molar-refractivity contribution in [2.75, 3.05) is 0 Å². The SMILES string of the molecule is O=C(C[C@@H](O)c1ccc(O)c(O)c1)O[C@@H]1C[C@](O)(C(=O)O)C[C@@H](O)[C@H]1O. The average Bonchev–Trinajstić information content (AvgIpc) is 2.54. The van der Waals surface area contributed by atoms with Gasteiger partial charge in [0, 0.05) is 12.8 Å². The number of carbonyl (C=O) groups is 2. The molecule has 0 saturated heterocycles. The Bertz CT molecular complexity index is 690. The van der Waals surface area contributed by atoms with Crippen LogP contribution in [-0.4, -0.2) is 71.6 Å². The Morgan fingerprint density at radius 1 is 1.19 bits per heavy atom. The highest BCUT2D eigenvalue weighted by atomic mass is 16.6. The van der Waals surface area contributed by atoms with Gasteiger partial charge in [-0.2, -0.15) is 0 Å². The van der Waals surface area contributed by atoms with Gasteiger partial charge in [-0.1, -0.05) is 6.07 Å². The quantitative estimate of drug-likeness (QED) is 0.244. The number of aromatic hydroxyl groups is 2. The van der Waals surface area contributed by atoms with E-state index in [2.05, 4.69) is 0 Å². The number of carboxylic acid groups (broad SMARTS) is 1. The second kappa shape index (κ2) is 7.46. The van der Waals surface area contributed by atoms with E-state index in [0.717, 1.165) is 12.1 Å². The summed E-state index contributed by atoms with van der Waals surface area (Å²) in [5.74, 6) is -3.54. The summed E-state index contributed by atoms with van der Waals surface area (Å²) < 4.78 is 4.92. The van der Waals surface area contributed by atoms with E-state index in [1.165, 1.54) is 6.07 Å². The third-order valence-electron chi connectivity index (χ3n) is 4.29. The second-order valence-corrected chi connectivity index (χ2v) is 6.30. The molecule has 0 heterocycles. The molecule has 1 aliphatic carbocycles. The minimum Gasteiger partial charge on any atom is -0.504 e. The molecule has 0 bridgehead atoms. The highest BCUT2D eigenvalue weighted by Gasteiger charge is 2.50. The summed E-state index contributed by atoms with van der Waals surface area (Å²) in [4.78, 5) is 23.1. The Balaban J connectivity index is 2.03. The van der Waals surface area contributed by atoms with Crippen molar-refractivity contribution in [2.45, 2.75) is 49.3 Å². The van der Waals surface area contributed by atoms with Crippen LogP contribution in [0.15, 0.2) is 18.2 Å². The number of aliphatic hydroxyl groups excluding tert-OH is 3. The highest BCUT2D eigenvalue weighted by Crippen LogP contribution is 2.32. The van der Waals surface area contributed by atoms with Crippen molar-refractivity contribution in [3.8, 4) is 11.5 Å². The number of carboxylic acids is 1. The van der Waals surface area contributed by atoms with Gasteiger partial charge in [-0.3, -0.25) is 4.79 Å². The summed E-state index contributed by atoms with van der Waals surface area (Å²) >= 11 is 0. The normalized spacial score (nSPS) is 29.8. The Morgan fingerprint density at radius 3 is 2.42 bits per heavy atom. The Labute approximate surface area is 147 Å². The molecule has 0 aliphatic heterocycles. The lowest BCUT2D eigenvalue weighted by molar-refractivity contribution is -0.199. The zero-order chi connectivity index (χ0) is 19.6. The van der Waals surface area contributed by atoms with E-state index >= 15 is 0 Å². The topological polar surface area (TPSA) is 185 Å². The molecule has 0 amide bonds. The molecule has 5 atom stereocenters. The smallest absolute Gasteiger partial charge is 0.335 e. The van der Waals surface area contributed by atoms with Gasteiger partial charge in [0.15, 0.2) is 17.1 Å². The van der Waals surface area contributed by atoms with Crippen molar-refractivity contribution in [1.82, 2.24) is 0 Å². The predicted molar refractivity (Wildman–Crippen MR) is 83.1 cm³/mol. The number of esters is 1. The van der Waals surface area contributed by atoms with Gasteiger partial charge < -0.3 is 40.5 Å². The first-order chi connectivity index (χ1) is 12.0. The number of aliphatic hydroxyl groups is 4. The van der Waals surface area contributed by atoms with Crippen molar-refractivity contribution in [3.63, 3.8) is 0 Å². The Morgan fingerprint density at radius 2 is 1.85 bits per heavy atom. The van der Waals surface area contributed by atoms with Crippen LogP contribution in [0.4, 0.5) is 0 Å². The molecule has 2 rings (SSSR count). The molecular formula is C16H20O10. The number of hydrogen-bond acceptors (Lipinski definition) is 9. The van der Waals surface area contributed by atoms with Crippen LogP contribution in [-0.2, 0) is 14.3 Å². The summed E-state index contributed by atoms with van der Waals surface area (Å²) in [7, 11) is 0. The maximum Gasteiger partial charge on any atom is 0.335 e. The van der Waals surface area contributed by atoms with Gasteiger partial charge in [0.05, 0.1) is 18.6 Å². The fraction of sp³-hybridized carbons (Fsp3) is 0.500. The maximum absolute atomic E-state index is 12.0. The van der Waals surface area contributed by atoms with Gasteiger partial charge >= 0.3 is 11.9 Å². The number of aliphatic carboxylic acids is 1.